The van der Waals surface area contributed by atoms with Gasteiger partial charge < -0.3 is 15.7 Å². The lowest BCUT2D eigenvalue weighted by molar-refractivity contribution is 0.201. The molecular formula is C6H13N5O. The Labute approximate surface area is 70.4 Å². The van der Waals surface area contributed by atoms with E-state index in [2.05, 4.69) is 15.2 Å². The van der Waals surface area contributed by atoms with Gasteiger partial charge in [-0.15, -0.1) is 5.10 Å². The first-order valence-corrected chi connectivity index (χ1v) is 3.66. The molecule has 4 N–H and O–H groups in total. The number of nitrogens with zero attached hydrogens (tertiary/aromatic N) is 3. The van der Waals surface area contributed by atoms with E-state index in [4.69, 9.17) is 10.8 Å². The summed E-state index contributed by atoms with van der Waals surface area (Å²) in [6.45, 7) is 2.18. The number of aromatic amines is 1. The second-order valence-corrected chi connectivity index (χ2v) is 2.75. The maximum Gasteiger partial charge on any atom is 0.246 e. The van der Waals surface area contributed by atoms with Gasteiger partial charge in [0.2, 0.25) is 11.9 Å². The number of aliphatic hydroxyl groups is 1. The van der Waals surface area contributed by atoms with Crippen molar-refractivity contribution in [2.24, 2.45) is 0 Å². The van der Waals surface area contributed by atoms with E-state index in [1.165, 1.54) is 0 Å². The van der Waals surface area contributed by atoms with Gasteiger partial charge in [0.05, 0.1) is 6.10 Å². The topological polar surface area (TPSA) is 91.1 Å². The molecule has 1 rings (SSSR count). The average Bonchev–Trinajstić information content (AvgIpc) is 2.34. The number of H-pyrrole nitrogens is 1. The zero-order chi connectivity index (χ0) is 9.14. The molecule has 12 heavy (non-hydrogen) atoms. The molecule has 1 atom stereocenters. The van der Waals surface area contributed by atoms with E-state index < -0.39 is 6.10 Å². The Hall–Kier alpha value is -1.30. The normalized spacial score (nSPS) is 12.9. The third kappa shape index (κ3) is 2.09. The van der Waals surface area contributed by atoms with Crippen molar-refractivity contribution >= 4 is 11.9 Å². The van der Waals surface area contributed by atoms with Crippen LogP contribution >= 0.6 is 0 Å². The van der Waals surface area contributed by atoms with Crippen LogP contribution < -0.4 is 10.6 Å². The Morgan fingerprint density at radius 3 is 2.83 bits per heavy atom. The molecule has 68 valence electrons. The van der Waals surface area contributed by atoms with Crippen LogP contribution in [0.1, 0.15) is 6.92 Å². The Kier molecular flexibility index (Phi) is 2.49. The van der Waals surface area contributed by atoms with Crippen LogP contribution in [0.5, 0.6) is 0 Å². The standard InChI is InChI=1S/C6H13N5O/c1-4(12)3-11(2)6-8-5(7)9-10-6/h4,12H,3H2,1-2H3,(H3,7,8,9,10). The molecule has 0 fully saturated rings. The predicted octanol–water partition coefficient (Wildman–Crippen LogP) is -0.796. The average molecular weight is 171 g/mol. The molecule has 0 amide bonds. The van der Waals surface area contributed by atoms with Crippen molar-refractivity contribution in [1.82, 2.24) is 15.2 Å². The zero-order valence-electron chi connectivity index (χ0n) is 7.15. The van der Waals surface area contributed by atoms with Crippen LogP contribution in [0.15, 0.2) is 0 Å². The van der Waals surface area contributed by atoms with Gasteiger partial charge in [0.1, 0.15) is 0 Å². The first-order chi connectivity index (χ1) is 5.59. The maximum atomic E-state index is 9.05. The van der Waals surface area contributed by atoms with Crippen LogP contribution in [-0.4, -0.2) is 40.0 Å². The van der Waals surface area contributed by atoms with Crippen molar-refractivity contribution in [2.75, 3.05) is 24.2 Å². The fraction of sp³-hybridized carbons (Fsp3) is 0.667. The molecule has 1 aromatic rings. The molecule has 0 bridgehead atoms. The molecular weight excluding hydrogens is 158 g/mol. The van der Waals surface area contributed by atoms with Crippen molar-refractivity contribution < 1.29 is 5.11 Å². The predicted molar refractivity (Wildman–Crippen MR) is 45.7 cm³/mol. The number of aromatic nitrogens is 3. The highest BCUT2D eigenvalue weighted by atomic mass is 16.3. The summed E-state index contributed by atoms with van der Waals surface area (Å²) in [5, 5.41) is 15.4. The molecule has 1 heterocycles. The highest BCUT2D eigenvalue weighted by Gasteiger charge is 2.08. The highest BCUT2D eigenvalue weighted by Crippen LogP contribution is 2.05. The van der Waals surface area contributed by atoms with Crippen molar-refractivity contribution in [1.29, 1.82) is 0 Å². The minimum absolute atomic E-state index is 0.280. The molecule has 6 nitrogen and oxygen atoms in total. The summed E-state index contributed by atoms with van der Waals surface area (Å²) < 4.78 is 0. The number of anilines is 2. The summed E-state index contributed by atoms with van der Waals surface area (Å²) >= 11 is 0. The zero-order valence-corrected chi connectivity index (χ0v) is 7.15. The van der Waals surface area contributed by atoms with E-state index in [9.17, 15) is 0 Å². The third-order valence-electron chi connectivity index (χ3n) is 1.37. The van der Waals surface area contributed by atoms with Gasteiger partial charge in [-0.3, -0.25) is 0 Å². The van der Waals surface area contributed by atoms with Gasteiger partial charge in [-0.1, -0.05) is 0 Å². The number of nitrogens with two attached hydrogens (primary N) is 1. The summed E-state index contributed by atoms with van der Waals surface area (Å²) in [6, 6.07) is 0. The molecule has 1 unspecified atom stereocenters. The van der Waals surface area contributed by atoms with Crippen LogP contribution in [0.3, 0.4) is 0 Å². The van der Waals surface area contributed by atoms with Crippen molar-refractivity contribution in [2.45, 2.75) is 13.0 Å². The number of likely N-dealkylation sites (N-methyl/N-ethyl adjacent to an activating group) is 1. The number of rotatable bonds is 3. The van der Waals surface area contributed by atoms with Gasteiger partial charge in [-0.2, -0.15) is 4.98 Å². The largest absolute Gasteiger partial charge is 0.392 e. The Morgan fingerprint density at radius 1 is 1.75 bits per heavy atom. The third-order valence-corrected chi connectivity index (χ3v) is 1.37. The van der Waals surface area contributed by atoms with Gasteiger partial charge in [0.15, 0.2) is 0 Å². The lowest BCUT2D eigenvalue weighted by Crippen LogP contribution is -2.27. The Balaban J connectivity index is 2.58. The van der Waals surface area contributed by atoms with Gasteiger partial charge >= 0.3 is 0 Å². The minimum Gasteiger partial charge on any atom is -0.392 e. The maximum absolute atomic E-state index is 9.05. The number of aliphatic hydroxyl groups excluding tert-OH is 1. The fourth-order valence-corrected chi connectivity index (χ4v) is 0.914. The van der Waals surface area contributed by atoms with E-state index in [1.807, 2.05) is 0 Å². The Bertz CT molecular complexity index is 246. The van der Waals surface area contributed by atoms with E-state index in [-0.39, 0.29) is 5.95 Å². The molecule has 0 radical (unpaired) electrons. The van der Waals surface area contributed by atoms with Crippen LogP contribution in [0, 0.1) is 0 Å². The molecule has 0 aliphatic heterocycles. The van der Waals surface area contributed by atoms with E-state index in [0.717, 1.165) is 0 Å². The number of nitrogens with one attached hydrogen (secondary N) is 1. The quantitative estimate of drug-likeness (QED) is 0.554. The summed E-state index contributed by atoms with van der Waals surface area (Å²) in [5.41, 5.74) is 5.33. The second kappa shape index (κ2) is 3.40. The lowest BCUT2D eigenvalue weighted by Gasteiger charge is -2.15. The molecule has 0 saturated heterocycles. The first-order valence-electron chi connectivity index (χ1n) is 3.66. The monoisotopic (exact) mass is 171 g/mol. The van der Waals surface area contributed by atoms with Gasteiger partial charge in [0.25, 0.3) is 0 Å². The van der Waals surface area contributed by atoms with Crippen molar-refractivity contribution in [3.05, 3.63) is 0 Å². The van der Waals surface area contributed by atoms with Crippen LogP contribution in [-0.2, 0) is 0 Å². The Morgan fingerprint density at radius 2 is 2.42 bits per heavy atom. The van der Waals surface area contributed by atoms with Crippen molar-refractivity contribution in [3.63, 3.8) is 0 Å². The number of hydrogen-bond donors (Lipinski definition) is 3. The minimum atomic E-state index is -0.408. The molecule has 0 spiro atoms. The molecule has 1 aromatic heterocycles. The highest BCUT2D eigenvalue weighted by molar-refractivity contribution is 5.32. The number of hydrogen-bond acceptors (Lipinski definition) is 5. The lowest BCUT2D eigenvalue weighted by atomic mass is 10.4. The molecule has 0 saturated carbocycles. The van der Waals surface area contributed by atoms with Crippen LogP contribution in [0.25, 0.3) is 0 Å². The van der Waals surface area contributed by atoms with Crippen LogP contribution in [0.2, 0.25) is 0 Å². The molecule has 6 heteroatoms. The summed E-state index contributed by atoms with van der Waals surface area (Å²) in [7, 11) is 1.79. The number of nitrogen functional groups attached to an aromatic ring is 1. The first kappa shape index (κ1) is 8.79. The van der Waals surface area contributed by atoms with E-state index >= 15 is 0 Å². The van der Waals surface area contributed by atoms with E-state index in [1.54, 1.807) is 18.9 Å². The summed E-state index contributed by atoms with van der Waals surface area (Å²) in [4.78, 5) is 5.61. The van der Waals surface area contributed by atoms with Crippen molar-refractivity contribution in [3.8, 4) is 0 Å². The fourth-order valence-electron chi connectivity index (χ4n) is 0.914. The SMILES string of the molecule is CC(O)CN(C)c1n[nH]c(N)n1. The van der Waals surface area contributed by atoms with Gasteiger partial charge in [0, 0.05) is 13.6 Å². The summed E-state index contributed by atoms with van der Waals surface area (Å²) in [6.07, 6.45) is -0.408. The van der Waals surface area contributed by atoms with Crippen LogP contribution in [0.4, 0.5) is 11.9 Å². The summed E-state index contributed by atoms with van der Waals surface area (Å²) in [5.74, 6) is 0.774. The smallest absolute Gasteiger partial charge is 0.246 e. The second-order valence-electron chi connectivity index (χ2n) is 2.75. The molecule has 0 aliphatic rings. The molecule has 0 aliphatic carbocycles. The van der Waals surface area contributed by atoms with Gasteiger partial charge in [-0.05, 0) is 6.92 Å². The van der Waals surface area contributed by atoms with Gasteiger partial charge in [-0.25, -0.2) is 5.10 Å². The van der Waals surface area contributed by atoms with E-state index in [0.29, 0.717) is 12.5 Å². The molecule has 0 aromatic carbocycles.